The van der Waals surface area contributed by atoms with E-state index in [4.69, 9.17) is 4.52 Å². The van der Waals surface area contributed by atoms with Crippen molar-refractivity contribution in [2.45, 2.75) is 51.4 Å². The summed E-state index contributed by atoms with van der Waals surface area (Å²) in [5.74, 6) is 0.883. The molecule has 4 nitrogen and oxygen atoms in total. The zero-order valence-electron chi connectivity index (χ0n) is 15.9. The van der Waals surface area contributed by atoms with Crippen molar-refractivity contribution in [1.29, 1.82) is 0 Å². The number of nitrogens with zero attached hydrogens (tertiary/aromatic N) is 2. The number of piperazine rings is 1. The number of benzene rings is 1. The molecule has 2 aliphatic rings. The standard InChI is InChI=1S/C21H29N3O/c1-20(2)7-8-21(3,4)17-13-15(5-6-16(17)20)18-14-19(25-23-18)24-11-9-22-10-12-24/h5-6,13-14,22H,7-12H2,1-4H3. The van der Waals surface area contributed by atoms with Gasteiger partial charge in [-0.15, -0.1) is 0 Å². The Kier molecular flexibility index (Phi) is 3.91. The highest BCUT2D eigenvalue weighted by Gasteiger charge is 2.37. The maximum absolute atomic E-state index is 5.64. The van der Waals surface area contributed by atoms with Crippen LogP contribution in [0.5, 0.6) is 0 Å². The number of hydrogen-bond donors (Lipinski definition) is 1. The van der Waals surface area contributed by atoms with E-state index in [0.29, 0.717) is 0 Å². The molecule has 4 rings (SSSR count). The van der Waals surface area contributed by atoms with Crippen molar-refractivity contribution in [3.63, 3.8) is 0 Å². The minimum absolute atomic E-state index is 0.214. The molecular formula is C21H29N3O. The van der Waals surface area contributed by atoms with Crippen LogP contribution in [-0.4, -0.2) is 31.3 Å². The summed E-state index contributed by atoms with van der Waals surface area (Å²) in [4.78, 5) is 2.26. The molecular weight excluding hydrogens is 310 g/mol. The van der Waals surface area contributed by atoms with Gasteiger partial charge in [0.15, 0.2) is 0 Å². The molecule has 25 heavy (non-hydrogen) atoms. The van der Waals surface area contributed by atoms with Gasteiger partial charge < -0.3 is 14.7 Å². The van der Waals surface area contributed by atoms with Gasteiger partial charge in [-0.05, 0) is 40.9 Å². The average Bonchev–Trinajstić information content (AvgIpc) is 3.10. The molecule has 1 fully saturated rings. The lowest BCUT2D eigenvalue weighted by atomic mass is 9.63. The van der Waals surface area contributed by atoms with Gasteiger partial charge in [-0.2, -0.15) is 0 Å². The number of aromatic nitrogens is 1. The van der Waals surface area contributed by atoms with Crippen molar-refractivity contribution in [3.05, 3.63) is 35.4 Å². The van der Waals surface area contributed by atoms with Crippen molar-refractivity contribution in [2.75, 3.05) is 31.1 Å². The molecule has 2 heterocycles. The molecule has 0 radical (unpaired) electrons. The van der Waals surface area contributed by atoms with Gasteiger partial charge in [0.2, 0.25) is 5.88 Å². The number of fused-ring (bicyclic) bond motifs is 1. The highest BCUT2D eigenvalue weighted by molar-refractivity contribution is 5.65. The number of hydrogen-bond acceptors (Lipinski definition) is 4. The third-order valence-corrected chi connectivity index (χ3v) is 6.07. The van der Waals surface area contributed by atoms with Crippen molar-refractivity contribution < 1.29 is 4.52 Å². The number of nitrogens with one attached hydrogen (secondary N) is 1. The first-order valence-electron chi connectivity index (χ1n) is 9.45. The summed E-state index contributed by atoms with van der Waals surface area (Å²) in [5.41, 5.74) is 5.52. The molecule has 1 N–H and O–H groups in total. The monoisotopic (exact) mass is 339 g/mol. The molecule has 2 aromatic rings. The van der Waals surface area contributed by atoms with Crippen LogP contribution in [0.1, 0.15) is 51.7 Å². The van der Waals surface area contributed by atoms with Crippen LogP contribution >= 0.6 is 0 Å². The molecule has 0 atom stereocenters. The van der Waals surface area contributed by atoms with Crippen molar-refractivity contribution >= 4 is 5.88 Å². The molecule has 1 aromatic heterocycles. The van der Waals surface area contributed by atoms with Crippen LogP contribution in [0.25, 0.3) is 11.3 Å². The highest BCUT2D eigenvalue weighted by atomic mass is 16.5. The van der Waals surface area contributed by atoms with Gasteiger partial charge in [0, 0.05) is 37.8 Å². The molecule has 0 amide bonds. The summed E-state index contributed by atoms with van der Waals surface area (Å²) in [7, 11) is 0. The first kappa shape index (κ1) is 16.6. The van der Waals surface area contributed by atoms with Crippen LogP contribution in [0, 0.1) is 0 Å². The molecule has 0 unspecified atom stereocenters. The van der Waals surface area contributed by atoms with Gasteiger partial charge in [-0.1, -0.05) is 45.0 Å². The Labute approximate surface area is 150 Å². The minimum Gasteiger partial charge on any atom is -0.338 e. The van der Waals surface area contributed by atoms with Gasteiger partial charge in [-0.25, -0.2) is 0 Å². The number of rotatable bonds is 2. The number of anilines is 1. The van der Waals surface area contributed by atoms with E-state index in [1.165, 1.54) is 24.0 Å². The van der Waals surface area contributed by atoms with Crippen LogP contribution < -0.4 is 10.2 Å². The van der Waals surface area contributed by atoms with E-state index >= 15 is 0 Å². The summed E-state index contributed by atoms with van der Waals surface area (Å²) in [6.07, 6.45) is 2.46. The predicted octanol–water partition coefficient (Wildman–Crippen LogP) is 4.10. The largest absolute Gasteiger partial charge is 0.338 e. The van der Waals surface area contributed by atoms with E-state index in [9.17, 15) is 0 Å². The van der Waals surface area contributed by atoms with E-state index < -0.39 is 0 Å². The summed E-state index contributed by atoms with van der Waals surface area (Å²) in [6.45, 7) is 13.4. The van der Waals surface area contributed by atoms with Crippen molar-refractivity contribution in [2.24, 2.45) is 0 Å². The van der Waals surface area contributed by atoms with Gasteiger partial charge in [0.25, 0.3) is 0 Å². The lowest BCUT2D eigenvalue weighted by molar-refractivity contribution is 0.332. The van der Waals surface area contributed by atoms with E-state index in [1.54, 1.807) is 0 Å². The normalized spacial score (nSPS) is 21.8. The van der Waals surface area contributed by atoms with Crippen molar-refractivity contribution in [1.82, 2.24) is 10.5 Å². The average molecular weight is 339 g/mol. The molecule has 0 saturated carbocycles. The maximum Gasteiger partial charge on any atom is 0.227 e. The molecule has 134 valence electrons. The van der Waals surface area contributed by atoms with E-state index in [1.807, 2.05) is 0 Å². The van der Waals surface area contributed by atoms with Gasteiger partial charge in [-0.3, -0.25) is 0 Å². The molecule has 0 bridgehead atoms. The Bertz CT molecular complexity index is 769. The molecule has 1 aliphatic carbocycles. The van der Waals surface area contributed by atoms with Crippen LogP contribution in [0.3, 0.4) is 0 Å². The Morgan fingerprint density at radius 2 is 1.64 bits per heavy atom. The van der Waals surface area contributed by atoms with E-state index in [2.05, 4.69) is 67.3 Å². The van der Waals surface area contributed by atoms with Gasteiger partial charge in [0.1, 0.15) is 5.69 Å². The van der Waals surface area contributed by atoms with Crippen LogP contribution in [0.2, 0.25) is 0 Å². The molecule has 1 saturated heterocycles. The first-order chi connectivity index (χ1) is 11.9. The van der Waals surface area contributed by atoms with Gasteiger partial charge in [0.05, 0.1) is 0 Å². The Morgan fingerprint density at radius 1 is 0.960 bits per heavy atom. The minimum atomic E-state index is 0.214. The molecule has 0 spiro atoms. The lowest BCUT2D eigenvalue weighted by Crippen LogP contribution is -2.43. The zero-order valence-corrected chi connectivity index (χ0v) is 15.9. The van der Waals surface area contributed by atoms with E-state index in [-0.39, 0.29) is 10.8 Å². The molecule has 1 aromatic carbocycles. The molecule has 4 heteroatoms. The van der Waals surface area contributed by atoms with E-state index in [0.717, 1.165) is 43.3 Å². The van der Waals surface area contributed by atoms with Crippen LogP contribution in [0.15, 0.2) is 28.8 Å². The second kappa shape index (κ2) is 5.87. The quantitative estimate of drug-likeness (QED) is 0.894. The fourth-order valence-electron chi connectivity index (χ4n) is 4.18. The highest BCUT2D eigenvalue weighted by Crippen LogP contribution is 2.46. The summed E-state index contributed by atoms with van der Waals surface area (Å²) < 4.78 is 5.64. The predicted molar refractivity (Wildman–Crippen MR) is 102 cm³/mol. The smallest absolute Gasteiger partial charge is 0.227 e. The summed E-state index contributed by atoms with van der Waals surface area (Å²) >= 11 is 0. The summed E-state index contributed by atoms with van der Waals surface area (Å²) in [5, 5.41) is 7.73. The van der Waals surface area contributed by atoms with Crippen molar-refractivity contribution in [3.8, 4) is 11.3 Å². The van der Waals surface area contributed by atoms with Crippen LogP contribution in [0.4, 0.5) is 5.88 Å². The first-order valence-corrected chi connectivity index (χ1v) is 9.45. The Hall–Kier alpha value is -1.81. The third kappa shape index (κ3) is 2.97. The fraction of sp³-hybridized carbons (Fsp3) is 0.571. The Balaban J connectivity index is 1.69. The second-order valence-electron chi connectivity index (χ2n) is 8.82. The topological polar surface area (TPSA) is 41.3 Å². The fourth-order valence-corrected chi connectivity index (χ4v) is 4.18. The van der Waals surface area contributed by atoms with Crippen LogP contribution in [-0.2, 0) is 10.8 Å². The molecule has 1 aliphatic heterocycles. The lowest BCUT2D eigenvalue weighted by Gasteiger charge is -2.42. The third-order valence-electron chi connectivity index (χ3n) is 6.07. The summed E-state index contributed by atoms with van der Waals surface area (Å²) in [6, 6.07) is 8.95. The maximum atomic E-state index is 5.64. The SMILES string of the molecule is CC1(C)CCC(C)(C)c2cc(-c3cc(N4CCNCC4)on3)ccc21. The zero-order chi connectivity index (χ0) is 17.7. The van der Waals surface area contributed by atoms with Gasteiger partial charge >= 0.3 is 0 Å². The second-order valence-corrected chi connectivity index (χ2v) is 8.82. The Morgan fingerprint density at radius 3 is 2.36 bits per heavy atom.